The highest BCUT2D eigenvalue weighted by Gasteiger charge is 2.56. The topological polar surface area (TPSA) is 44.4 Å². The van der Waals surface area contributed by atoms with E-state index in [1.165, 1.54) is 0 Å². The van der Waals surface area contributed by atoms with Gasteiger partial charge in [-0.2, -0.15) is 0 Å². The minimum absolute atomic E-state index is 0.0140. The van der Waals surface area contributed by atoms with Crippen LogP contribution in [0.3, 0.4) is 0 Å². The summed E-state index contributed by atoms with van der Waals surface area (Å²) in [4.78, 5) is 15.5. The van der Waals surface area contributed by atoms with E-state index in [0.717, 1.165) is 26.9 Å². The molecule has 0 saturated carbocycles. The molecule has 2 aliphatic rings. The zero-order valence-electron chi connectivity index (χ0n) is 16.3. The van der Waals surface area contributed by atoms with Crippen LogP contribution in [0.25, 0.3) is 0 Å². The highest BCUT2D eigenvalue weighted by atomic mass is 79.9. The summed E-state index contributed by atoms with van der Waals surface area (Å²) in [5.41, 5.74) is 10.8. The van der Waals surface area contributed by atoms with Crippen molar-refractivity contribution in [3.63, 3.8) is 0 Å². The van der Waals surface area contributed by atoms with E-state index in [4.69, 9.17) is 11.6 Å². The van der Waals surface area contributed by atoms with Gasteiger partial charge in [-0.15, -0.1) is 0 Å². The lowest BCUT2D eigenvalue weighted by molar-refractivity contribution is -0.119. The Hall–Kier alpha value is -2.18. The first-order valence-corrected chi connectivity index (χ1v) is 11.1. The third-order valence-corrected chi connectivity index (χ3v) is 6.95. The van der Waals surface area contributed by atoms with Gasteiger partial charge in [0.05, 0.1) is 12.1 Å². The first kappa shape index (κ1) is 19.8. The number of hydrogen-bond acceptors (Lipinski definition) is 3. The number of hydrogen-bond donors (Lipinski definition) is 2. The largest absolute Gasteiger partial charge is 0.303 e. The van der Waals surface area contributed by atoms with E-state index < -0.39 is 0 Å². The van der Waals surface area contributed by atoms with Crippen molar-refractivity contribution in [1.29, 1.82) is 0 Å². The van der Waals surface area contributed by atoms with Crippen LogP contribution in [0, 0.1) is 12.8 Å². The summed E-state index contributed by atoms with van der Waals surface area (Å²) in [6, 6.07) is 23.6. The molecule has 2 N–H and O–H groups in total. The van der Waals surface area contributed by atoms with Crippen LogP contribution < -0.4 is 15.8 Å². The van der Waals surface area contributed by atoms with E-state index in [0.29, 0.717) is 5.02 Å². The molecule has 0 spiro atoms. The molecule has 0 aromatic heterocycles. The third kappa shape index (κ3) is 3.26. The van der Waals surface area contributed by atoms with Crippen molar-refractivity contribution in [1.82, 2.24) is 10.9 Å². The van der Waals surface area contributed by atoms with E-state index >= 15 is 0 Å². The number of anilines is 1. The molecule has 0 aliphatic carbocycles. The molecule has 6 heteroatoms. The molecule has 2 fully saturated rings. The van der Waals surface area contributed by atoms with Gasteiger partial charge in [0.15, 0.2) is 0 Å². The molecule has 30 heavy (non-hydrogen) atoms. The lowest BCUT2D eigenvalue weighted by Crippen LogP contribution is -2.41. The SMILES string of the molecule is Cc1ccc(N2C(=O)C3NNC(c4ccc(Br)cc4)C3C2c2ccccc2Cl)cc1. The van der Waals surface area contributed by atoms with Crippen LogP contribution in [-0.2, 0) is 4.79 Å². The van der Waals surface area contributed by atoms with E-state index in [1.807, 2.05) is 72.5 Å². The van der Waals surface area contributed by atoms with Gasteiger partial charge >= 0.3 is 0 Å². The van der Waals surface area contributed by atoms with Crippen LogP contribution in [0.1, 0.15) is 28.8 Å². The lowest BCUT2D eigenvalue weighted by atomic mass is 9.83. The number of carbonyl (C=O) groups is 1. The maximum atomic E-state index is 13.6. The molecule has 3 aromatic carbocycles. The molecule has 3 aromatic rings. The fourth-order valence-electron chi connectivity index (χ4n) is 4.64. The van der Waals surface area contributed by atoms with E-state index in [-0.39, 0.29) is 30.0 Å². The molecule has 4 unspecified atom stereocenters. The van der Waals surface area contributed by atoms with Gasteiger partial charge in [-0.1, -0.05) is 75.6 Å². The number of rotatable bonds is 3. The minimum atomic E-state index is -0.332. The second-order valence-corrected chi connectivity index (χ2v) is 9.21. The first-order valence-electron chi connectivity index (χ1n) is 9.95. The number of aryl methyl sites for hydroxylation is 1. The van der Waals surface area contributed by atoms with Crippen LogP contribution >= 0.6 is 27.5 Å². The molecular weight excluding hydrogens is 462 g/mol. The quantitative estimate of drug-likeness (QED) is 0.530. The summed E-state index contributed by atoms with van der Waals surface area (Å²) in [5, 5.41) is 0.675. The second-order valence-electron chi connectivity index (χ2n) is 7.88. The molecule has 4 nitrogen and oxygen atoms in total. The summed E-state index contributed by atoms with van der Waals surface area (Å²) < 4.78 is 1.03. The van der Waals surface area contributed by atoms with Crippen molar-refractivity contribution < 1.29 is 4.79 Å². The van der Waals surface area contributed by atoms with E-state index in [9.17, 15) is 4.79 Å². The van der Waals surface area contributed by atoms with Gasteiger partial charge in [0.25, 0.3) is 0 Å². The van der Waals surface area contributed by atoms with E-state index in [1.54, 1.807) is 0 Å². The van der Waals surface area contributed by atoms with Crippen molar-refractivity contribution in [3.05, 3.63) is 99.0 Å². The number of fused-ring (bicyclic) bond motifs is 1. The number of amides is 1. The molecule has 5 rings (SSSR count). The smallest absolute Gasteiger partial charge is 0.246 e. The van der Waals surface area contributed by atoms with Crippen LogP contribution in [-0.4, -0.2) is 11.9 Å². The molecule has 4 atom stereocenters. The average Bonchev–Trinajstić information content (AvgIpc) is 3.29. The molecule has 0 radical (unpaired) electrons. The van der Waals surface area contributed by atoms with Gasteiger partial charge in [0, 0.05) is 21.1 Å². The van der Waals surface area contributed by atoms with Crippen molar-refractivity contribution in [2.24, 2.45) is 5.92 Å². The fraction of sp³-hybridized carbons (Fsp3) is 0.208. The summed E-state index contributed by atoms with van der Waals surface area (Å²) in [7, 11) is 0. The molecule has 2 heterocycles. The highest BCUT2D eigenvalue weighted by Crippen LogP contribution is 2.50. The van der Waals surface area contributed by atoms with Gasteiger partial charge < -0.3 is 4.90 Å². The van der Waals surface area contributed by atoms with Crippen LogP contribution in [0.5, 0.6) is 0 Å². The number of halogens is 2. The average molecular weight is 483 g/mol. The summed E-state index contributed by atoms with van der Waals surface area (Å²) >= 11 is 10.2. The van der Waals surface area contributed by atoms with Crippen molar-refractivity contribution in [2.45, 2.75) is 25.0 Å². The Morgan fingerprint density at radius 1 is 0.900 bits per heavy atom. The lowest BCUT2D eigenvalue weighted by Gasteiger charge is -2.32. The van der Waals surface area contributed by atoms with E-state index in [2.05, 4.69) is 38.9 Å². The Bertz CT molecular complexity index is 1090. The normalized spacial score (nSPS) is 25.6. The van der Waals surface area contributed by atoms with Crippen LogP contribution in [0.15, 0.2) is 77.3 Å². The number of hydrazine groups is 1. The van der Waals surface area contributed by atoms with Crippen molar-refractivity contribution in [3.8, 4) is 0 Å². The standard InChI is InChI=1S/C24H21BrClN3O/c1-14-6-12-17(13-7-14)29-23(18-4-2-3-5-19(18)26)20-21(27-28-22(20)24(29)30)15-8-10-16(25)11-9-15/h2-13,20-23,27-28H,1H3. The van der Waals surface area contributed by atoms with Gasteiger partial charge in [-0.05, 0) is 48.4 Å². The summed E-state index contributed by atoms with van der Waals surface area (Å²) in [6.45, 7) is 2.05. The van der Waals surface area contributed by atoms with Crippen LogP contribution in [0.4, 0.5) is 5.69 Å². The summed E-state index contributed by atoms with van der Waals surface area (Å²) in [5.74, 6) is 0.0424. The number of carbonyl (C=O) groups excluding carboxylic acids is 1. The van der Waals surface area contributed by atoms with Crippen molar-refractivity contribution in [2.75, 3.05) is 4.90 Å². The maximum absolute atomic E-state index is 13.6. The third-order valence-electron chi connectivity index (χ3n) is 6.08. The minimum Gasteiger partial charge on any atom is -0.303 e. The zero-order valence-corrected chi connectivity index (χ0v) is 18.7. The molecule has 0 bridgehead atoms. The Morgan fingerprint density at radius 3 is 2.27 bits per heavy atom. The Kier molecular flexibility index (Phi) is 5.15. The van der Waals surface area contributed by atoms with Gasteiger partial charge in [0.1, 0.15) is 6.04 Å². The fourth-order valence-corrected chi connectivity index (χ4v) is 5.16. The number of nitrogens with zero attached hydrogens (tertiary/aromatic N) is 1. The molecular formula is C24H21BrClN3O. The van der Waals surface area contributed by atoms with Gasteiger partial charge in [-0.25, -0.2) is 10.9 Å². The Morgan fingerprint density at radius 2 is 1.57 bits per heavy atom. The number of nitrogens with one attached hydrogen (secondary N) is 2. The Balaban J connectivity index is 1.64. The molecule has 1 amide bonds. The highest BCUT2D eigenvalue weighted by molar-refractivity contribution is 9.10. The predicted molar refractivity (Wildman–Crippen MR) is 123 cm³/mol. The monoisotopic (exact) mass is 481 g/mol. The maximum Gasteiger partial charge on any atom is 0.246 e. The van der Waals surface area contributed by atoms with Gasteiger partial charge in [-0.3, -0.25) is 4.79 Å². The molecule has 152 valence electrons. The van der Waals surface area contributed by atoms with Crippen LogP contribution in [0.2, 0.25) is 5.02 Å². The zero-order chi connectivity index (χ0) is 20.8. The molecule has 2 saturated heterocycles. The predicted octanol–water partition coefficient (Wildman–Crippen LogP) is 5.33. The number of benzene rings is 3. The molecule has 2 aliphatic heterocycles. The van der Waals surface area contributed by atoms with Crippen molar-refractivity contribution >= 4 is 39.1 Å². The van der Waals surface area contributed by atoms with Gasteiger partial charge in [0.2, 0.25) is 5.91 Å². The second kappa shape index (κ2) is 7.82. The Labute approximate surface area is 189 Å². The first-order chi connectivity index (χ1) is 14.5. The summed E-state index contributed by atoms with van der Waals surface area (Å²) in [6.07, 6.45) is 0.